The van der Waals surface area contributed by atoms with E-state index in [1.165, 1.54) is 0 Å². The Bertz CT molecular complexity index is 950. The number of amides is 1. The maximum absolute atomic E-state index is 12.1. The number of carbonyl (C=O) groups excluding carboxylic acids is 2. The van der Waals surface area contributed by atoms with Crippen LogP contribution in [0.25, 0.3) is 5.69 Å². The van der Waals surface area contributed by atoms with Crippen LogP contribution in [-0.4, -0.2) is 34.8 Å². The van der Waals surface area contributed by atoms with E-state index >= 15 is 0 Å². The topological polar surface area (TPSA) is 73.2 Å². The molecule has 28 heavy (non-hydrogen) atoms. The minimum atomic E-state index is -0.545. The van der Waals surface area contributed by atoms with Crippen LogP contribution in [0.5, 0.6) is 0 Å². The number of carbonyl (C=O) groups is 2. The summed E-state index contributed by atoms with van der Waals surface area (Å²) in [5.74, 6) is -0.886. The van der Waals surface area contributed by atoms with Crippen molar-refractivity contribution >= 4 is 23.5 Å². The normalized spacial score (nSPS) is 10.5. The van der Waals surface area contributed by atoms with E-state index in [0.29, 0.717) is 23.6 Å². The number of aromatic nitrogens is 2. The first-order valence-electron chi connectivity index (χ1n) is 8.82. The van der Waals surface area contributed by atoms with Crippen molar-refractivity contribution in [2.24, 2.45) is 0 Å². The minimum absolute atomic E-state index is 0.320. The molecular weight excluding hydrogens is 378 g/mol. The van der Waals surface area contributed by atoms with E-state index in [1.54, 1.807) is 47.3 Å². The number of hydrogen-bond donors (Lipinski definition) is 1. The highest BCUT2D eigenvalue weighted by Gasteiger charge is 2.11. The van der Waals surface area contributed by atoms with Gasteiger partial charge in [-0.25, -0.2) is 9.48 Å². The molecule has 0 aliphatic heterocycles. The minimum Gasteiger partial charge on any atom is -0.452 e. The van der Waals surface area contributed by atoms with E-state index in [9.17, 15) is 9.59 Å². The molecule has 0 aliphatic carbocycles. The van der Waals surface area contributed by atoms with Crippen molar-refractivity contribution in [2.45, 2.75) is 13.3 Å². The van der Waals surface area contributed by atoms with Gasteiger partial charge in [0.2, 0.25) is 0 Å². The van der Waals surface area contributed by atoms with Crippen LogP contribution in [0.3, 0.4) is 0 Å². The lowest BCUT2D eigenvalue weighted by Gasteiger charge is -2.08. The lowest BCUT2D eigenvalue weighted by Crippen LogP contribution is -2.30. The molecule has 0 bridgehead atoms. The molecular formula is C21H20ClN3O3. The summed E-state index contributed by atoms with van der Waals surface area (Å²) in [4.78, 5) is 24.0. The summed E-state index contributed by atoms with van der Waals surface area (Å²) in [5, 5.41) is 7.62. The maximum atomic E-state index is 12.1. The molecule has 1 N–H and O–H groups in total. The lowest BCUT2D eigenvalue weighted by molar-refractivity contribution is -0.124. The average Bonchev–Trinajstić information content (AvgIpc) is 3.13. The van der Waals surface area contributed by atoms with E-state index in [-0.39, 0.29) is 12.5 Å². The summed E-state index contributed by atoms with van der Waals surface area (Å²) < 4.78 is 6.84. The third kappa shape index (κ3) is 5.20. The zero-order valence-electron chi connectivity index (χ0n) is 15.4. The van der Waals surface area contributed by atoms with Gasteiger partial charge in [0.1, 0.15) is 0 Å². The van der Waals surface area contributed by atoms with Gasteiger partial charge >= 0.3 is 5.97 Å². The van der Waals surface area contributed by atoms with Crippen molar-refractivity contribution in [3.8, 4) is 5.69 Å². The highest BCUT2D eigenvalue weighted by molar-refractivity contribution is 6.30. The molecule has 0 atom stereocenters. The van der Waals surface area contributed by atoms with Gasteiger partial charge in [-0.05, 0) is 61.4 Å². The molecule has 1 amide bonds. The molecule has 3 rings (SSSR count). The number of rotatable bonds is 7. The third-order valence-corrected chi connectivity index (χ3v) is 4.41. The Labute approximate surface area is 168 Å². The number of benzene rings is 2. The summed E-state index contributed by atoms with van der Waals surface area (Å²) >= 11 is 5.84. The fourth-order valence-electron chi connectivity index (χ4n) is 2.64. The molecule has 7 heteroatoms. The number of aryl methyl sites for hydroxylation is 1. The van der Waals surface area contributed by atoms with Gasteiger partial charge in [-0.15, -0.1) is 0 Å². The Morgan fingerprint density at radius 1 is 1.07 bits per heavy atom. The van der Waals surface area contributed by atoms with Crippen LogP contribution in [0, 0.1) is 6.92 Å². The SMILES string of the molecule is Cc1ccnn1-c1ccc(C(=O)OCC(=O)NCCc2ccc(Cl)cc2)cc1. The molecule has 0 fully saturated rings. The van der Waals surface area contributed by atoms with Crippen molar-refractivity contribution in [1.82, 2.24) is 15.1 Å². The van der Waals surface area contributed by atoms with E-state index < -0.39 is 5.97 Å². The fraction of sp³-hybridized carbons (Fsp3) is 0.190. The largest absolute Gasteiger partial charge is 0.452 e. The van der Waals surface area contributed by atoms with Crippen molar-refractivity contribution in [1.29, 1.82) is 0 Å². The fourth-order valence-corrected chi connectivity index (χ4v) is 2.77. The molecule has 2 aromatic carbocycles. The molecule has 1 heterocycles. The number of nitrogens with zero attached hydrogens (tertiary/aromatic N) is 2. The van der Waals surface area contributed by atoms with Crippen molar-refractivity contribution in [3.63, 3.8) is 0 Å². The second kappa shape index (κ2) is 9.19. The quantitative estimate of drug-likeness (QED) is 0.620. The monoisotopic (exact) mass is 397 g/mol. The molecule has 3 aromatic rings. The van der Waals surface area contributed by atoms with Crippen LogP contribution in [0.2, 0.25) is 5.02 Å². The standard InChI is InChI=1S/C21H20ClN3O3/c1-15-10-13-24-25(15)19-8-4-17(5-9-19)21(27)28-14-20(26)23-12-11-16-2-6-18(22)7-3-16/h2-10,13H,11-12,14H2,1H3,(H,23,26). The van der Waals surface area contributed by atoms with Gasteiger partial charge in [0.05, 0.1) is 11.3 Å². The third-order valence-electron chi connectivity index (χ3n) is 4.16. The molecule has 0 aliphatic rings. The summed E-state index contributed by atoms with van der Waals surface area (Å²) in [6, 6.07) is 16.2. The van der Waals surface area contributed by atoms with Gasteiger partial charge in [0, 0.05) is 23.5 Å². The maximum Gasteiger partial charge on any atom is 0.338 e. The number of hydrogen-bond acceptors (Lipinski definition) is 4. The molecule has 0 saturated heterocycles. The van der Waals surface area contributed by atoms with Crippen molar-refractivity contribution in [3.05, 3.63) is 82.6 Å². The molecule has 0 unspecified atom stereocenters. The van der Waals surface area contributed by atoms with Gasteiger partial charge in [-0.1, -0.05) is 23.7 Å². The molecule has 0 radical (unpaired) electrons. The second-order valence-electron chi connectivity index (χ2n) is 6.23. The van der Waals surface area contributed by atoms with E-state index in [0.717, 1.165) is 16.9 Å². The first-order chi connectivity index (χ1) is 13.5. The van der Waals surface area contributed by atoms with Crippen molar-refractivity contribution in [2.75, 3.05) is 13.2 Å². The predicted octanol–water partition coefficient (Wildman–Crippen LogP) is 3.35. The Hall–Kier alpha value is -3.12. The zero-order chi connectivity index (χ0) is 19.9. The lowest BCUT2D eigenvalue weighted by atomic mass is 10.1. The summed E-state index contributed by atoms with van der Waals surface area (Å²) in [6.07, 6.45) is 2.38. The zero-order valence-corrected chi connectivity index (χ0v) is 16.1. The van der Waals surface area contributed by atoms with Gasteiger partial charge in [-0.3, -0.25) is 4.79 Å². The predicted molar refractivity (Wildman–Crippen MR) is 107 cm³/mol. The summed E-state index contributed by atoms with van der Waals surface area (Å²) in [6.45, 7) is 2.08. The van der Waals surface area contributed by atoms with Gasteiger partial charge < -0.3 is 10.1 Å². The highest BCUT2D eigenvalue weighted by Crippen LogP contribution is 2.12. The summed E-state index contributed by atoms with van der Waals surface area (Å²) in [7, 11) is 0. The Balaban J connectivity index is 1.43. The highest BCUT2D eigenvalue weighted by atomic mass is 35.5. The van der Waals surface area contributed by atoms with Crippen LogP contribution in [0.4, 0.5) is 0 Å². The van der Waals surface area contributed by atoms with E-state index in [4.69, 9.17) is 16.3 Å². The van der Waals surface area contributed by atoms with Gasteiger partial charge in [0.15, 0.2) is 6.61 Å². The van der Waals surface area contributed by atoms with Crippen molar-refractivity contribution < 1.29 is 14.3 Å². The Morgan fingerprint density at radius 3 is 2.43 bits per heavy atom. The Morgan fingerprint density at radius 2 is 1.79 bits per heavy atom. The van der Waals surface area contributed by atoms with Gasteiger partial charge in [0.25, 0.3) is 5.91 Å². The number of ether oxygens (including phenoxy) is 1. The van der Waals surface area contributed by atoms with Crippen LogP contribution in [0.15, 0.2) is 60.8 Å². The van der Waals surface area contributed by atoms with Crippen LogP contribution in [-0.2, 0) is 16.0 Å². The molecule has 144 valence electrons. The average molecular weight is 398 g/mol. The van der Waals surface area contributed by atoms with E-state index in [2.05, 4.69) is 10.4 Å². The van der Waals surface area contributed by atoms with Crippen LogP contribution >= 0.6 is 11.6 Å². The molecule has 0 saturated carbocycles. The first-order valence-corrected chi connectivity index (χ1v) is 9.20. The summed E-state index contributed by atoms with van der Waals surface area (Å²) in [5.41, 5.74) is 3.28. The Kier molecular flexibility index (Phi) is 6.45. The first kappa shape index (κ1) is 19.6. The number of halogens is 1. The molecule has 0 spiro atoms. The molecule has 6 nitrogen and oxygen atoms in total. The second-order valence-corrected chi connectivity index (χ2v) is 6.67. The smallest absolute Gasteiger partial charge is 0.338 e. The molecule has 1 aromatic heterocycles. The number of nitrogens with one attached hydrogen (secondary N) is 1. The van der Waals surface area contributed by atoms with E-state index in [1.807, 2.05) is 25.1 Å². The number of esters is 1. The van der Waals surface area contributed by atoms with Gasteiger partial charge in [-0.2, -0.15) is 5.10 Å². The van der Waals surface area contributed by atoms with Crippen LogP contribution < -0.4 is 5.32 Å². The van der Waals surface area contributed by atoms with Crippen LogP contribution in [0.1, 0.15) is 21.6 Å².